The summed E-state index contributed by atoms with van der Waals surface area (Å²) < 4.78 is 6.02. The van der Waals surface area contributed by atoms with E-state index >= 15 is 0 Å². The molecule has 1 aliphatic carbocycles. The van der Waals surface area contributed by atoms with Crippen LogP contribution < -0.4 is 4.74 Å². The number of hydrogen-bond acceptors (Lipinski definition) is 2. The molecule has 0 saturated carbocycles. The van der Waals surface area contributed by atoms with Gasteiger partial charge in [-0.3, -0.25) is 0 Å². The standard InChI is InChI=1S/C20H28O2/c1-6-7-16-11-18(21)20(19(12-16)22-13(2)3)17-10-14(4)8-9-15(17)5/h10-13,17,21H,5-9H2,1-4H3. The smallest absolute Gasteiger partial charge is 0.127 e. The molecule has 2 heteroatoms. The molecule has 0 radical (unpaired) electrons. The first-order valence-electron chi connectivity index (χ1n) is 8.29. The van der Waals surface area contributed by atoms with Gasteiger partial charge in [0.2, 0.25) is 0 Å². The number of aromatic hydroxyl groups is 1. The lowest BCUT2D eigenvalue weighted by atomic mass is 9.81. The van der Waals surface area contributed by atoms with Gasteiger partial charge in [0.05, 0.1) is 6.10 Å². The van der Waals surface area contributed by atoms with E-state index in [0.29, 0.717) is 5.75 Å². The molecule has 22 heavy (non-hydrogen) atoms. The Morgan fingerprint density at radius 2 is 2.05 bits per heavy atom. The fourth-order valence-corrected chi connectivity index (χ4v) is 3.05. The van der Waals surface area contributed by atoms with E-state index in [2.05, 4.69) is 32.6 Å². The quantitative estimate of drug-likeness (QED) is 0.726. The first-order valence-corrected chi connectivity index (χ1v) is 8.29. The molecule has 1 N–H and O–H groups in total. The Morgan fingerprint density at radius 1 is 1.32 bits per heavy atom. The second-order valence-electron chi connectivity index (χ2n) is 6.59. The average Bonchev–Trinajstić information content (AvgIpc) is 2.41. The average molecular weight is 300 g/mol. The highest BCUT2D eigenvalue weighted by Crippen LogP contribution is 2.44. The second-order valence-corrected chi connectivity index (χ2v) is 6.59. The van der Waals surface area contributed by atoms with E-state index in [1.165, 1.54) is 5.57 Å². The predicted molar refractivity (Wildman–Crippen MR) is 92.7 cm³/mol. The SMILES string of the molecule is C=C1CCC(C)=CC1c1c(O)cc(CCC)cc1OC(C)C. The summed E-state index contributed by atoms with van der Waals surface area (Å²) in [7, 11) is 0. The molecule has 0 saturated heterocycles. The van der Waals surface area contributed by atoms with Crippen LogP contribution in [0.4, 0.5) is 0 Å². The molecule has 0 amide bonds. The van der Waals surface area contributed by atoms with Gasteiger partial charge in [-0.05, 0) is 57.7 Å². The van der Waals surface area contributed by atoms with Crippen LogP contribution in [0.3, 0.4) is 0 Å². The lowest BCUT2D eigenvalue weighted by Gasteiger charge is -2.26. The zero-order valence-electron chi connectivity index (χ0n) is 14.3. The van der Waals surface area contributed by atoms with E-state index in [1.54, 1.807) is 0 Å². The first kappa shape index (κ1) is 16.7. The van der Waals surface area contributed by atoms with Crippen LogP contribution in [0.5, 0.6) is 11.5 Å². The summed E-state index contributed by atoms with van der Waals surface area (Å²) in [5.41, 5.74) is 4.50. The number of rotatable bonds is 5. The predicted octanol–water partition coefficient (Wildman–Crippen LogP) is 5.51. The van der Waals surface area contributed by atoms with Crippen LogP contribution in [0.2, 0.25) is 0 Å². The van der Waals surface area contributed by atoms with Crippen molar-refractivity contribution >= 4 is 0 Å². The Balaban J connectivity index is 2.52. The molecule has 0 aromatic heterocycles. The van der Waals surface area contributed by atoms with Gasteiger partial charge in [0.1, 0.15) is 11.5 Å². The topological polar surface area (TPSA) is 29.5 Å². The van der Waals surface area contributed by atoms with Crippen molar-refractivity contribution < 1.29 is 9.84 Å². The highest BCUT2D eigenvalue weighted by Gasteiger charge is 2.25. The third-order valence-corrected chi connectivity index (χ3v) is 4.12. The summed E-state index contributed by atoms with van der Waals surface area (Å²) in [4.78, 5) is 0. The van der Waals surface area contributed by atoms with Crippen LogP contribution in [-0.2, 0) is 6.42 Å². The highest BCUT2D eigenvalue weighted by atomic mass is 16.5. The van der Waals surface area contributed by atoms with Crippen LogP contribution in [-0.4, -0.2) is 11.2 Å². The van der Waals surface area contributed by atoms with Crippen LogP contribution >= 0.6 is 0 Å². The van der Waals surface area contributed by atoms with Gasteiger partial charge in [-0.1, -0.05) is 37.1 Å². The third-order valence-electron chi connectivity index (χ3n) is 4.12. The maximum absolute atomic E-state index is 10.6. The van der Waals surface area contributed by atoms with E-state index in [1.807, 2.05) is 19.9 Å². The molecular weight excluding hydrogens is 272 g/mol. The minimum absolute atomic E-state index is 0.0539. The number of allylic oxidation sites excluding steroid dienone is 3. The molecule has 1 atom stereocenters. The minimum Gasteiger partial charge on any atom is -0.507 e. The van der Waals surface area contributed by atoms with Gasteiger partial charge in [0.15, 0.2) is 0 Å². The minimum atomic E-state index is 0.0539. The molecule has 2 nitrogen and oxygen atoms in total. The highest BCUT2D eigenvalue weighted by molar-refractivity contribution is 5.54. The second kappa shape index (κ2) is 7.04. The van der Waals surface area contributed by atoms with Crippen LogP contribution in [0.25, 0.3) is 0 Å². The van der Waals surface area contributed by atoms with Gasteiger partial charge < -0.3 is 9.84 Å². The summed E-state index contributed by atoms with van der Waals surface area (Å²) in [5, 5.41) is 10.6. The summed E-state index contributed by atoms with van der Waals surface area (Å²) >= 11 is 0. The van der Waals surface area contributed by atoms with Crippen molar-refractivity contribution in [2.24, 2.45) is 0 Å². The maximum Gasteiger partial charge on any atom is 0.127 e. The van der Waals surface area contributed by atoms with Gasteiger partial charge in [-0.25, -0.2) is 0 Å². The number of phenols is 1. The zero-order chi connectivity index (χ0) is 16.3. The summed E-state index contributed by atoms with van der Waals surface area (Å²) in [5.74, 6) is 1.19. The molecule has 1 aliphatic rings. The lowest BCUT2D eigenvalue weighted by Crippen LogP contribution is -2.12. The Hall–Kier alpha value is -1.70. The molecule has 2 rings (SSSR count). The Kier molecular flexibility index (Phi) is 5.33. The fraction of sp³-hybridized carbons (Fsp3) is 0.500. The van der Waals surface area contributed by atoms with E-state index < -0.39 is 0 Å². The van der Waals surface area contributed by atoms with Crippen LogP contribution in [0.15, 0.2) is 35.9 Å². The van der Waals surface area contributed by atoms with E-state index in [-0.39, 0.29) is 12.0 Å². The van der Waals surface area contributed by atoms with E-state index in [9.17, 15) is 5.11 Å². The molecule has 1 aromatic rings. The summed E-state index contributed by atoms with van der Waals surface area (Å²) in [6.45, 7) is 12.5. The van der Waals surface area contributed by atoms with Crippen molar-refractivity contribution in [1.29, 1.82) is 0 Å². The molecule has 0 fully saturated rings. The largest absolute Gasteiger partial charge is 0.507 e. The molecule has 120 valence electrons. The normalized spacial score (nSPS) is 18.5. The first-order chi connectivity index (χ1) is 10.4. The zero-order valence-corrected chi connectivity index (χ0v) is 14.3. The Labute approximate surface area is 134 Å². The molecule has 0 spiro atoms. The molecule has 1 unspecified atom stereocenters. The van der Waals surface area contributed by atoms with E-state index in [4.69, 9.17) is 4.74 Å². The molecule has 0 aliphatic heterocycles. The van der Waals surface area contributed by atoms with Crippen LogP contribution in [0, 0.1) is 0 Å². The fourth-order valence-electron chi connectivity index (χ4n) is 3.05. The molecule has 0 bridgehead atoms. The summed E-state index contributed by atoms with van der Waals surface area (Å²) in [6, 6.07) is 3.97. The van der Waals surface area contributed by atoms with Gasteiger partial charge >= 0.3 is 0 Å². The van der Waals surface area contributed by atoms with Crippen molar-refractivity contribution in [3.05, 3.63) is 47.1 Å². The number of hydrogen-bond donors (Lipinski definition) is 1. The summed E-state index contributed by atoms with van der Waals surface area (Å²) in [6.07, 6.45) is 6.33. The number of benzene rings is 1. The number of phenolic OH excluding ortho intramolecular Hbond substituents is 1. The molecular formula is C20H28O2. The van der Waals surface area contributed by atoms with E-state index in [0.717, 1.165) is 48.1 Å². The van der Waals surface area contributed by atoms with Crippen molar-refractivity contribution in [2.45, 2.75) is 65.4 Å². The van der Waals surface area contributed by atoms with Gasteiger partial charge in [-0.2, -0.15) is 0 Å². The van der Waals surface area contributed by atoms with Gasteiger partial charge in [0, 0.05) is 11.5 Å². The Morgan fingerprint density at radius 3 is 2.68 bits per heavy atom. The van der Waals surface area contributed by atoms with Gasteiger partial charge in [0.25, 0.3) is 0 Å². The van der Waals surface area contributed by atoms with Crippen LogP contribution in [0.1, 0.15) is 64.0 Å². The number of aryl methyl sites for hydroxylation is 1. The van der Waals surface area contributed by atoms with Gasteiger partial charge in [-0.15, -0.1) is 0 Å². The van der Waals surface area contributed by atoms with Crippen molar-refractivity contribution in [3.8, 4) is 11.5 Å². The molecule has 1 aromatic carbocycles. The maximum atomic E-state index is 10.6. The van der Waals surface area contributed by atoms with Crippen molar-refractivity contribution in [2.75, 3.05) is 0 Å². The number of ether oxygens (including phenoxy) is 1. The van der Waals surface area contributed by atoms with Crippen molar-refractivity contribution in [1.82, 2.24) is 0 Å². The third kappa shape index (κ3) is 3.73. The monoisotopic (exact) mass is 300 g/mol. The lowest BCUT2D eigenvalue weighted by molar-refractivity contribution is 0.238. The van der Waals surface area contributed by atoms with Crippen molar-refractivity contribution in [3.63, 3.8) is 0 Å². The Bertz CT molecular complexity index is 582. The molecule has 0 heterocycles.